The third-order valence-electron chi connectivity index (χ3n) is 4.85. The maximum atomic E-state index is 13.2. The van der Waals surface area contributed by atoms with Crippen LogP contribution in [0.2, 0.25) is 0 Å². The van der Waals surface area contributed by atoms with Crippen molar-refractivity contribution in [1.82, 2.24) is 29.5 Å². The minimum atomic E-state index is -0.409. The van der Waals surface area contributed by atoms with Gasteiger partial charge in [0.25, 0.3) is 0 Å². The zero-order valence-corrected chi connectivity index (χ0v) is 18.5. The molecule has 4 rings (SSSR count). The van der Waals surface area contributed by atoms with E-state index < -0.39 is 5.82 Å². The fourth-order valence-corrected chi connectivity index (χ4v) is 3.20. The number of anilines is 2. The van der Waals surface area contributed by atoms with E-state index in [4.69, 9.17) is 4.74 Å². The lowest BCUT2D eigenvalue weighted by molar-refractivity contribution is 0.193. The van der Waals surface area contributed by atoms with Crippen LogP contribution in [0.3, 0.4) is 0 Å². The van der Waals surface area contributed by atoms with Crippen molar-refractivity contribution in [1.29, 1.82) is 5.26 Å². The first-order valence-corrected chi connectivity index (χ1v) is 10.4. The lowest BCUT2D eigenvalue weighted by Crippen LogP contribution is -2.20. The summed E-state index contributed by atoms with van der Waals surface area (Å²) >= 11 is 0. The Kier molecular flexibility index (Phi) is 6.31. The summed E-state index contributed by atoms with van der Waals surface area (Å²) in [7, 11) is 0. The second-order valence-corrected chi connectivity index (χ2v) is 7.85. The molecule has 3 heterocycles. The lowest BCUT2D eigenvalue weighted by Gasteiger charge is -2.16. The molecule has 0 unspecified atom stereocenters. The van der Waals surface area contributed by atoms with Gasteiger partial charge in [-0.2, -0.15) is 15.5 Å². The van der Waals surface area contributed by atoms with Gasteiger partial charge in [-0.1, -0.05) is 6.07 Å². The number of nitrogens with one attached hydrogen (secondary N) is 1. The molecule has 0 fully saturated rings. The van der Waals surface area contributed by atoms with E-state index in [9.17, 15) is 9.65 Å². The van der Waals surface area contributed by atoms with Crippen molar-refractivity contribution in [2.75, 3.05) is 5.32 Å². The zero-order chi connectivity index (χ0) is 23.4. The third kappa shape index (κ3) is 5.33. The van der Waals surface area contributed by atoms with Crippen molar-refractivity contribution >= 4 is 11.6 Å². The first-order chi connectivity index (χ1) is 15.9. The van der Waals surface area contributed by atoms with E-state index in [1.54, 1.807) is 30.7 Å². The molecule has 4 aromatic rings. The number of ether oxygens (including phenoxy) is 1. The fourth-order valence-electron chi connectivity index (χ4n) is 3.20. The van der Waals surface area contributed by atoms with E-state index >= 15 is 0 Å². The van der Waals surface area contributed by atoms with Crippen molar-refractivity contribution in [3.63, 3.8) is 0 Å². The molecule has 10 heteroatoms. The molecule has 0 radical (unpaired) electrons. The van der Waals surface area contributed by atoms with Crippen LogP contribution in [-0.4, -0.2) is 35.6 Å². The largest absolute Gasteiger partial charge is 0.487 e. The van der Waals surface area contributed by atoms with Crippen molar-refractivity contribution < 1.29 is 9.13 Å². The van der Waals surface area contributed by atoms with Gasteiger partial charge in [0.15, 0.2) is 5.82 Å². The standard InChI is InChI=1S/C23H23FN8O/c1-15(2)32-14-21(11-29-32)30-23-26-8-19(9-27-23)17-4-5-18(7-25)22(6-17)33-16(3)12-31-13-20(24)10-28-31/h4-6,8-11,13-16H,12H2,1-3H3,(H,26,27,30)/t16-/m0/s1. The minimum absolute atomic E-state index is 0.264. The van der Waals surface area contributed by atoms with Gasteiger partial charge in [-0.3, -0.25) is 9.36 Å². The Morgan fingerprint density at radius 1 is 1.06 bits per heavy atom. The van der Waals surface area contributed by atoms with Crippen LogP contribution in [0.15, 0.2) is 55.4 Å². The molecule has 1 N–H and O–H groups in total. The summed E-state index contributed by atoms with van der Waals surface area (Å²) in [5.74, 6) is 0.472. The van der Waals surface area contributed by atoms with Gasteiger partial charge in [-0.15, -0.1) is 0 Å². The van der Waals surface area contributed by atoms with E-state index in [2.05, 4.69) is 45.4 Å². The highest BCUT2D eigenvalue weighted by Crippen LogP contribution is 2.28. The molecular formula is C23H23FN8O. The highest BCUT2D eigenvalue weighted by molar-refractivity contribution is 5.66. The molecule has 0 aliphatic rings. The van der Waals surface area contributed by atoms with Crippen LogP contribution >= 0.6 is 0 Å². The van der Waals surface area contributed by atoms with Gasteiger partial charge in [-0.25, -0.2) is 14.4 Å². The molecule has 0 amide bonds. The average molecular weight is 446 g/mol. The molecule has 0 saturated heterocycles. The number of nitrogens with zero attached hydrogens (tertiary/aromatic N) is 7. The number of nitriles is 1. The molecule has 9 nitrogen and oxygen atoms in total. The topological polar surface area (TPSA) is 106 Å². The molecule has 0 aliphatic heterocycles. The van der Waals surface area contributed by atoms with Gasteiger partial charge in [-0.05, 0) is 38.5 Å². The summed E-state index contributed by atoms with van der Waals surface area (Å²) in [4.78, 5) is 8.77. The second-order valence-electron chi connectivity index (χ2n) is 7.85. The molecule has 1 atom stereocenters. The number of halogens is 1. The van der Waals surface area contributed by atoms with Crippen molar-refractivity contribution in [3.8, 4) is 22.9 Å². The molecule has 0 saturated carbocycles. The minimum Gasteiger partial charge on any atom is -0.487 e. The van der Waals surface area contributed by atoms with Crippen LogP contribution in [0, 0.1) is 17.1 Å². The SMILES string of the molecule is CC(C)n1cc(Nc2ncc(-c3ccc(C#N)c(O[C@@H](C)Cn4cc(F)cn4)c3)cn2)cn1. The maximum Gasteiger partial charge on any atom is 0.227 e. The van der Waals surface area contributed by atoms with Gasteiger partial charge in [0.05, 0.1) is 36.4 Å². The van der Waals surface area contributed by atoms with Crippen LogP contribution < -0.4 is 10.1 Å². The van der Waals surface area contributed by atoms with Crippen LogP contribution in [0.4, 0.5) is 16.0 Å². The number of aromatic nitrogens is 6. The summed E-state index contributed by atoms with van der Waals surface area (Å²) in [5, 5.41) is 20.8. The van der Waals surface area contributed by atoms with Gasteiger partial charge >= 0.3 is 0 Å². The Morgan fingerprint density at radius 3 is 2.48 bits per heavy atom. The molecule has 1 aromatic carbocycles. The molecule has 3 aromatic heterocycles. The van der Waals surface area contributed by atoms with E-state index in [1.165, 1.54) is 10.9 Å². The maximum absolute atomic E-state index is 13.2. The van der Waals surface area contributed by atoms with Crippen molar-refractivity contribution in [2.45, 2.75) is 39.5 Å². The Hall–Kier alpha value is -4.26. The highest BCUT2D eigenvalue weighted by atomic mass is 19.1. The zero-order valence-electron chi connectivity index (χ0n) is 18.5. The molecule has 0 aliphatic carbocycles. The van der Waals surface area contributed by atoms with Gasteiger partial charge in [0.2, 0.25) is 5.95 Å². The van der Waals surface area contributed by atoms with E-state index in [-0.39, 0.29) is 12.1 Å². The number of hydrogen-bond acceptors (Lipinski definition) is 7. The Bertz CT molecular complexity index is 1270. The van der Waals surface area contributed by atoms with Gasteiger partial charge in [0, 0.05) is 30.2 Å². The summed E-state index contributed by atoms with van der Waals surface area (Å²) in [6.07, 6.45) is 9.12. The molecular weight excluding hydrogens is 423 g/mol. The van der Waals surface area contributed by atoms with Crippen molar-refractivity contribution in [3.05, 3.63) is 66.8 Å². The molecule has 0 bridgehead atoms. The van der Waals surface area contributed by atoms with Crippen LogP contribution in [0.5, 0.6) is 5.75 Å². The van der Waals surface area contributed by atoms with E-state index in [1.807, 2.05) is 23.9 Å². The van der Waals surface area contributed by atoms with Gasteiger partial charge < -0.3 is 10.1 Å². The molecule has 33 heavy (non-hydrogen) atoms. The highest BCUT2D eigenvalue weighted by Gasteiger charge is 2.13. The Labute approximate surface area is 190 Å². The number of rotatable bonds is 8. The summed E-state index contributed by atoms with van der Waals surface area (Å²) < 4.78 is 22.4. The Morgan fingerprint density at radius 2 is 1.85 bits per heavy atom. The lowest BCUT2D eigenvalue weighted by atomic mass is 10.1. The first kappa shape index (κ1) is 22.0. The quantitative estimate of drug-likeness (QED) is 0.429. The Balaban J connectivity index is 1.48. The average Bonchev–Trinajstić information content (AvgIpc) is 3.43. The predicted molar refractivity (Wildman–Crippen MR) is 120 cm³/mol. The predicted octanol–water partition coefficient (Wildman–Crippen LogP) is 4.34. The number of benzene rings is 1. The molecule has 168 valence electrons. The number of hydrogen-bond donors (Lipinski definition) is 1. The summed E-state index contributed by atoms with van der Waals surface area (Å²) in [5.41, 5.74) is 2.78. The fraction of sp³-hybridized carbons (Fsp3) is 0.261. The molecule has 0 spiro atoms. The summed E-state index contributed by atoms with van der Waals surface area (Å²) in [6.45, 7) is 6.28. The van der Waals surface area contributed by atoms with E-state index in [0.717, 1.165) is 23.0 Å². The second kappa shape index (κ2) is 9.48. The van der Waals surface area contributed by atoms with Gasteiger partial charge in [0.1, 0.15) is 17.9 Å². The smallest absolute Gasteiger partial charge is 0.227 e. The van der Waals surface area contributed by atoms with Crippen LogP contribution in [0.1, 0.15) is 32.4 Å². The third-order valence-corrected chi connectivity index (χ3v) is 4.85. The van der Waals surface area contributed by atoms with E-state index in [0.29, 0.717) is 23.8 Å². The first-order valence-electron chi connectivity index (χ1n) is 10.4. The normalized spacial score (nSPS) is 11.9. The van der Waals surface area contributed by atoms with Crippen LogP contribution in [0.25, 0.3) is 11.1 Å². The van der Waals surface area contributed by atoms with Crippen molar-refractivity contribution in [2.24, 2.45) is 0 Å². The summed E-state index contributed by atoms with van der Waals surface area (Å²) in [6, 6.07) is 7.68. The van der Waals surface area contributed by atoms with Crippen LogP contribution in [-0.2, 0) is 6.54 Å². The monoisotopic (exact) mass is 446 g/mol.